The summed E-state index contributed by atoms with van der Waals surface area (Å²) in [6, 6.07) is 12.4. The van der Waals surface area contributed by atoms with Crippen LogP contribution in [0.25, 0.3) is 0 Å². The summed E-state index contributed by atoms with van der Waals surface area (Å²) in [7, 11) is 0. The molecule has 1 fully saturated rings. The average molecular weight is 404 g/mol. The molecule has 2 aliphatic heterocycles. The lowest BCUT2D eigenvalue weighted by Crippen LogP contribution is -2.45. The number of benzene rings is 2. The van der Waals surface area contributed by atoms with E-state index >= 15 is 0 Å². The summed E-state index contributed by atoms with van der Waals surface area (Å²) in [5.74, 6) is -1.92. The van der Waals surface area contributed by atoms with Crippen molar-refractivity contribution in [1.29, 1.82) is 0 Å². The van der Waals surface area contributed by atoms with Crippen molar-refractivity contribution < 1.29 is 19.0 Å². The van der Waals surface area contributed by atoms with Gasteiger partial charge in [-0.05, 0) is 54.2 Å². The highest BCUT2D eigenvalue weighted by atomic mass is 35.5. The van der Waals surface area contributed by atoms with Crippen molar-refractivity contribution in [3.05, 3.63) is 70.0 Å². The van der Waals surface area contributed by atoms with Gasteiger partial charge in [0.2, 0.25) is 0 Å². The van der Waals surface area contributed by atoms with E-state index in [0.29, 0.717) is 23.7 Å². The second-order valence-corrected chi connectivity index (χ2v) is 8.12. The molecule has 4 nitrogen and oxygen atoms in total. The van der Waals surface area contributed by atoms with Crippen molar-refractivity contribution in [2.75, 3.05) is 19.6 Å². The molecule has 148 valence electrons. The maximum Gasteiger partial charge on any atom is 0.308 e. The summed E-state index contributed by atoms with van der Waals surface area (Å²) in [5.41, 5.74) is 2.82. The molecule has 0 radical (unpaired) electrons. The van der Waals surface area contributed by atoms with E-state index in [1.54, 1.807) is 0 Å². The third-order valence-corrected chi connectivity index (χ3v) is 6.35. The Morgan fingerprint density at radius 3 is 2.75 bits per heavy atom. The molecule has 1 N–H and O–H groups in total. The zero-order valence-electron chi connectivity index (χ0n) is 15.5. The number of aliphatic carboxylic acids is 1. The number of carboxylic acids is 1. The van der Waals surface area contributed by atoms with Gasteiger partial charge in [-0.15, -0.1) is 0 Å². The van der Waals surface area contributed by atoms with Crippen LogP contribution >= 0.6 is 11.6 Å². The first-order chi connectivity index (χ1) is 13.5. The van der Waals surface area contributed by atoms with Gasteiger partial charge in [0.05, 0.1) is 18.1 Å². The summed E-state index contributed by atoms with van der Waals surface area (Å²) < 4.78 is 19.7. The first-order valence-corrected chi connectivity index (χ1v) is 9.96. The number of hydrogen-bond donors (Lipinski definition) is 1. The Hall–Kier alpha value is -1.95. The van der Waals surface area contributed by atoms with E-state index in [-0.39, 0.29) is 12.0 Å². The van der Waals surface area contributed by atoms with E-state index in [0.717, 1.165) is 25.9 Å². The number of fused-ring (bicyclic) bond motifs is 2. The van der Waals surface area contributed by atoms with Crippen molar-refractivity contribution in [2.24, 2.45) is 5.92 Å². The third kappa shape index (κ3) is 3.79. The summed E-state index contributed by atoms with van der Waals surface area (Å²) >= 11 is 6.13. The Labute approximate surface area is 168 Å². The summed E-state index contributed by atoms with van der Waals surface area (Å²) in [4.78, 5) is 14.0. The van der Waals surface area contributed by atoms with Crippen LogP contribution in [-0.4, -0.2) is 35.6 Å². The number of carbonyl (C=O) groups is 1. The van der Waals surface area contributed by atoms with Crippen LogP contribution < -0.4 is 0 Å². The minimum atomic E-state index is -0.886. The van der Waals surface area contributed by atoms with Crippen LogP contribution in [0.5, 0.6) is 0 Å². The monoisotopic (exact) mass is 403 g/mol. The van der Waals surface area contributed by atoms with E-state index in [1.807, 2.05) is 12.1 Å². The maximum atomic E-state index is 13.5. The van der Waals surface area contributed by atoms with E-state index < -0.39 is 17.7 Å². The Kier molecular flexibility index (Phi) is 5.41. The Morgan fingerprint density at radius 2 is 2.00 bits per heavy atom. The standard InChI is InChI=1S/C22H23ClFNO3/c23-20-6-5-18(24)12-16(20)11-17(21(26)27)13-25-9-7-22(8-10-25)19-4-2-1-3-15(19)14-28-22/h1-6,12,17H,7-11,13-14H2,(H,26,27). The first kappa shape index (κ1) is 19.4. The second-order valence-electron chi connectivity index (χ2n) is 7.72. The lowest BCUT2D eigenvalue weighted by atomic mass is 9.83. The molecule has 1 spiro atoms. The SMILES string of the molecule is O=C(O)C(Cc1cc(F)ccc1Cl)CN1CCC2(CC1)OCc1ccccc12. The number of likely N-dealkylation sites (tertiary alicyclic amines) is 1. The van der Waals surface area contributed by atoms with E-state index in [4.69, 9.17) is 16.3 Å². The predicted molar refractivity (Wildman–Crippen MR) is 105 cm³/mol. The third-order valence-electron chi connectivity index (χ3n) is 5.98. The van der Waals surface area contributed by atoms with Crippen molar-refractivity contribution in [3.63, 3.8) is 0 Å². The molecule has 0 amide bonds. The zero-order chi connectivity index (χ0) is 19.7. The summed E-state index contributed by atoms with van der Waals surface area (Å²) in [6.07, 6.45) is 1.90. The van der Waals surface area contributed by atoms with Gasteiger partial charge in [-0.3, -0.25) is 4.79 Å². The quantitative estimate of drug-likeness (QED) is 0.811. The van der Waals surface area contributed by atoms with Gasteiger partial charge in [-0.2, -0.15) is 0 Å². The van der Waals surface area contributed by atoms with Gasteiger partial charge in [0.1, 0.15) is 5.82 Å². The number of ether oxygens (including phenoxy) is 1. The van der Waals surface area contributed by atoms with Gasteiger partial charge in [0.15, 0.2) is 0 Å². The lowest BCUT2D eigenvalue weighted by Gasteiger charge is -2.40. The molecule has 1 saturated heterocycles. The number of halogens is 2. The minimum absolute atomic E-state index is 0.215. The van der Waals surface area contributed by atoms with Gasteiger partial charge in [0, 0.05) is 24.7 Å². The number of rotatable bonds is 5. The largest absolute Gasteiger partial charge is 0.481 e. The van der Waals surface area contributed by atoms with Crippen LogP contribution in [0.2, 0.25) is 5.02 Å². The van der Waals surface area contributed by atoms with Gasteiger partial charge < -0.3 is 14.7 Å². The fraction of sp³-hybridized carbons (Fsp3) is 0.409. The van der Waals surface area contributed by atoms with Crippen LogP contribution in [0.1, 0.15) is 29.5 Å². The molecule has 6 heteroatoms. The van der Waals surface area contributed by atoms with Crippen molar-refractivity contribution in [3.8, 4) is 0 Å². The highest BCUT2D eigenvalue weighted by Gasteiger charge is 2.42. The first-order valence-electron chi connectivity index (χ1n) is 9.58. The molecule has 0 aromatic heterocycles. The minimum Gasteiger partial charge on any atom is -0.481 e. The highest BCUT2D eigenvalue weighted by molar-refractivity contribution is 6.31. The van der Waals surface area contributed by atoms with Crippen LogP contribution in [-0.2, 0) is 28.2 Å². The molecular weight excluding hydrogens is 381 g/mol. The lowest BCUT2D eigenvalue weighted by molar-refractivity contribution is -0.143. The topological polar surface area (TPSA) is 49.8 Å². The fourth-order valence-corrected chi connectivity index (χ4v) is 4.60. The molecule has 4 rings (SSSR count). The van der Waals surface area contributed by atoms with Gasteiger partial charge >= 0.3 is 5.97 Å². The number of hydrogen-bond acceptors (Lipinski definition) is 3. The molecule has 2 aliphatic rings. The zero-order valence-corrected chi connectivity index (χ0v) is 16.3. The van der Waals surface area contributed by atoms with Crippen LogP contribution in [0, 0.1) is 11.7 Å². The Bertz CT molecular complexity index is 880. The van der Waals surface area contributed by atoms with E-state index in [2.05, 4.69) is 17.0 Å². The molecule has 0 bridgehead atoms. The molecule has 1 unspecified atom stereocenters. The maximum absolute atomic E-state index is 13.5. The number of nitrogens with zero attached hydrogens (tertiary/aromatic N) is 1. The van der Waals surface area contributed by atoms with E-state index in [9.17, 15) is 14.3 Å². The molecule has 0 aliphatic carbocycles. The second kappa shape index (κ2) is 7.82. The van der Waals surface area contributed by atoms with Crippen molar-refractivity contribution >= 4 is 17.6 Å². The highest BCUT2D eigenvalue weighted by Crippen LogP contribution is 2.44. The molecular formula is C22H23ClFNO3. The molecule has 2 heterocycles. The van der Waals surface area contributed by atoms with Crippen molar-refractivity contribution in [1.82, 2.24) is 4.90 Å². The van der Waals surface area contributed by atoms with Crippen LogP contribution in [0.15, 0.2) is 42.5 Å². The Morgan fingerprint density at radius 1 is 1.25 bits per heavy atom. The molecule has 2 aromatic carbocycles. The molecule has 2 aromatic rings. The molecule has 0 saturated carbocycles. The molecule has 28 heavy (non-hydrogen) atoms. The van der Waals surface area contributed by atoms with Gasteiger partial charge in [-0.25, -0.2) is 4.39 Å². The fourth-order valence-electron chi connectivity index (χ4n) is 4.40. The Balaban J connectivity index is 1.42. The van der Waals surface area contributed by atoms with Crippen LogP contribution in [0.3, 0.4) is 0 Å². The predicted octanol–water partition coefficient (Wildman–Crippen LogP) is 4.24. The summed E-state index contributed by atoms with van der Waals surface area (Å²) in [6.45, 7) is 2.61. The average Bonchev–Trinajstić information content (AvgIpc) is 3.04. The smallest absolute Gasteiger partial charge is 0.308 e. The van der Waals surface area contributed by atoms with Crippen molar-refractivity contribution in [2.45, 2.75) is 31.5 Å². The van der Waals surface area contributed by atoms with E-state index in [1.165, 1.54) is 29.3 Å². The van der Waals surface area contributed by atoms with Gasteiger partial charge in [0.25, 0.3) is 0 Å². The summed E-state index contributed by atoms with van der Waals surface area (Å²) in [5, 5.41) is 10.1. The van der Waals surface area contributed by atoms with Crippen LogP contribution in [0.4, 0.5) is 4.39 Å². The normalized spacial score (nSPS) is 19.5. The number of carboxylic acid groups (broad SMARTS) is 1. The number of piperidine rings is 1. The van der Waals surface area contributed by atoms with Gasteiger partial charge in [-0.1, -0.05) is 35.9 Å². The molecule has 1 atom stereocenters.